The highest BCUT2D eigenvalue weighted by Crippen LogP contribution is 2.39. The van der Waals surface area contributed by atoms with Gasteiger partial charge in [0.15, 0.2) is 9.84 Å². The highest BCUT2D eigenvalue weighted by Gasteiger charge is 2.33. The predicted octanol–water partition coefficient (Wildman–Crippen LogP) is 3.67. The largest absolute Gasteiger partial charge is 0.381 e. The maximum absolute atomic E-state index is 13.6. The summed E-state index contributed by atoms with van der Waals surface area (Å²) in [5.41, 5.74) is 2.16. The van der Waals surface area contributed by atoms with Gasteiger partial charge < -0.3 is 15.0 Å². The average molecular weight is 430 g/mol. The average Bonchev–Trinajstić information content (AvgIpc) is 2.94. The zero-order chi connectivity index (χ0) is 21.3. The minimum Gasteiger partial charge on any atom is -0.381 e. The van der Waals surface area contributed by atoms with Gasteiger partial charge in [0.2, 0.25) is 5.91 Å². The number of pyridine rings is 1. The molecular weight excluding hydrogens is 402 g/mol. The number of fused-ring (bicyclic) bond motifs is 2. The van der Waals surface area contributed by atoms with Gasteiger partial charge in [-0.2, -0.15) is 0 Å². The van der Waals surface area contributed by atoms with Gasteiger partial charge >= 0.3 is 0 Å². The highest BCUT2D eigenvalue weighted by atomic mass is 32.2. The van der Waals surface area contributed by atoms with E-state index < -0.39 is 9.84 Å². The van der Waals surface area contributed by atoms with Crippen LogP contribution < -0.4 is 10.2 Å². The fourth-order valence-corrected chi connectivity index (χ4v) is 5.12. The number of nitrogens with one attached hydrogen (secondary N) is 1. The first-order valence-electron chi connectivity index (χ1n) is 10.3. The Bertz CT molecular complexity index is 1050. The molecule has 0 spiro atoms. The molecule has 0 radical (unpaired) electrons. The second-order valence-corrected chi connectivity index (χ2v) is 10.1. The number of benzene rings is 1. The van der Waals surface area contributed by atoms with E-state index in [0.717, 1.165) is 31.2 Å². The Morgan fingerprint density at radius 3 is 2.70 bits per heavy atom. The van der Waals surface area contributed by atoms with Crippen LogP contribution in [0, 0.1) is 5.92 Å². The van der Waals surface area contributed by atoms with Crippen LogP contribution in [0.5, 0.6) is 0 Å². The molecule has 160 valence electrons. The van der Waals surface area contributed by atoms with Crippen LogP contribution in [0.1, 0.15) is 38.2 Å². The number of ether oxygens (including phenoxy) is 1. The van der Waals surface area contributed by atoms with Crippen molar-refractivity contribution in [3.8, 4) is 0 Å². The van der Waals surface area contributed by atoms with Gasteiger partial charge in [-0.25, -0.2) is 13.4 Å². The minimum atomic E-state index is -3.39. The molecule has 0 saturated heterocycles. The van der Waals surface area contributed by atoms with E-state index in [-0.39, 0.29) is 28.6 Å². The Balaban J connectivity index is 1.75. The summed E-state index contributed by atoms with van der Waals surface area (Å²) >= 11 is 0. The minimum absolute atomic E-state index is 0.00989. The quantitative estimate of drug-likeness (QED) is 0.798. The van der Waals surface area contributed by atoms with Gasteiger partial charge in [-0.05, 0) is 49.9 Å². The van der Waals surface area contributed by atoms with Crippen LogP contribution in [0.15, 0.2) is 41.4 Å². The van der Waals surface area contributed by atoms with E-state index in [2.05, 4.69) is 10.3 Å². The van der Waals surface area contributed by atoms with Gasteiger partial charge in [0.25, 0.3) is 0 Å². The summed E-state index contributed by atoms with van der Waals surface area (Å²) in [7, 11) is -1.68. The molecule has 1 saturated carbocycles. The third-order valence-electron chi connectivity index (χ3n) is 6.09. The van der Waals surface area contributed by atoms with E-state index >= 15 is 0 Å². The van der Waals surface area contributed by atoms with Crippen molar-refractivity contribution in [3.63, 3.8) is 0 Å². The van der Waals surface area contributed by atoms with Crippen LogP contribution in [0.4, 0.5) is 17.2 Å². The maximum Gasteiger partial charge on any atom is 0.230 e. The number of rotatable bonds is 4. The summed E-state index contributed by atoms with van der Waals surface area (Å²) in [6.07, 6.45) is 5.15. The molecule has 4 rings (SSSR count). The molecule has 1 N–H and O–H groups in total. The number of hydrogen-bond donors (Lipinski definition) is 1. The Hall–Kier alpha value is -2.45. The van der Waals surface area contributed by atoms with E-state index in [4.69, 9.17) is 4.74 Å². The molecule has 1 aliphatic carbocycles. The zero-order valence-electron chi connectivity index (χ0n) is 17.3. The zero-order valence-corrected chi connectivity index (χ0v) is 18.1. The van der Waals surface area contributed by atoms with Crippen LogP contribution >= 0.6 is 0 Å². The van der Waals surface area contributed by atoms with Gasteiger partial charge in [-0.1, -0.05) is 13.0 Å². The number of carbonyl (C=O) groups is 1. The van der Waals surface area contributed by atoms with E-state index in [1.807, 2.05) is 12.1 Å². The lowest BCUT2D eigenvalue weighted by Gasteiger charge is -2.32. The van der Waals surface area contributed by atoms with Crippen molar-refractivity contribution in [2.24, 2.45) is 5.92 Å². The summed E-state index contributed by atoms with van der Waals surface area (Å²) in [6.45, 7) is 1.97. The Labute approximate surface area is 177 Å². The topological polar surface area (TPSA) is 88.6 Å². The summed E-state index contributed by atoms with van der Waals surface area (Å²) in [6, 6.07) is 8.71. The Kier molecular flexibility index (Phi) is 5.79. The molecule has 2 aromatic rings. The van der Waals surface area contributed by atoms with Crippen molar-refractivity contribution < 1.29 is 17.9 Å². The fourth-order valence-electron chi connectivity index (χ4n) is 4.22. The molecule has 0 atom stereocenters. The van der Waals surface area contributed by atoms with E-state index in [0.29, 0.717) is 23.7 Å². The first-order chi connectivity index (χ1) is 14.4. The van der Waals surface area contributed by atoms with Crippen molar-refractivity contribution in [2.45, 2.75) is 50.2 Å². The molecule has 7 nitrogen and oxygen atoms in total. The van der Waals surface area contributed by atoms with Crippen LogP contribution in [0.2, 0.25) is 0 Å². The van der Waals surface area contributed by atoms with Crippen molar-refractivity contribution in [2.75, 3.05) is 23.1 Å². The highest BCUT2D eigenvalue weighted by molar-refractivity contribution is 7.91. The van der Waals surface area contributed by atoms with E-state index in [9.17, 15) is 13.2 Å². The molecule has 1 aliphatic heterocycles. The van der Waals surface area contributed by atoms with Gasteiger partial charge in [0, 0.05) is 24.8 Å². The molecule has 1 aromatic carbocycles. The Morgan fingerprint density at radius 2 is 2.00 bits per heavy atom. The summed E-state index contributed by atoms with van der Waals surface area (Å²) in [5.74, 6) is 0.614. The number of sulfone groups is 1. The van der Waals surface area contributed by atoms with E-state index in [1.165, 1.54) is 0 Å². The number of aromatic nitrogens is 1. The fraction of sp³-hybridized carbons (Fsp3) is 0.455. The lowest BCUT2D eigenvalue weighted by atomic mass is 9.86. The molecule has 2 aliphatic rings. The number of carbonyl (C=O) groups excluding carboxylic acids is 1. The molecule has 1 aromatic heterocycles. The normalized spacial score (nSPS) is 21.2. The summed E-state index contributed by atoms with van der Waals surface area (Å²) in [5, 5.41) is 3.28. The third-order valence-corrected chi connectivity index (χ3v) is 7.83. The predicted molar refractivity (Wildman–Crippen MR) is 116 cm³/mol. The monoisotopic (exact) mass is 429 g/mol. The second kappa shape index (κ2) is 8.35. The molecular formula is C22H27N3O4S. The number of amides is 1. The van der Waals surface area contributed by atoms with Gasteiger partial charge in [0.1, 0.15) is 5.82 Å². The molecule has 2 heterocycles. The van der Waals surface area contributed by atoms with Gasteiger partial charge in [0.05, 0.1) is 34.7 Å². The number of anilines is 3. The number of methoxy groups -OCH3 is 1. The first-order valence-corrected chi connectivity index (χ1v) is 12.0. The van der Waals surface area contributed by atoms with Crippen molar-refractivity contribution in [3.05, 3.63) is 42.1 Å². The van der Waals surface area contributed by atoms with Crippen LogP contribution in [-0.2, 0) is 25.9 Å². The van der Waals surface area contributed by atoms with E-state index in [1.54, 1.807) is 43.3 Å². The Morgan fingerprint density at radius 1 is 1.23 bits per heavy atom. The smallest absolute Gasteiger partial charge is 0.230 e. The molecule has 1 fully saturated rings. The van der Waals surface area contributed by atoms with Crippen molar-refractivity contribution >= 4 is 32.9 Å². The van der Waals surface area contributed by atoms with Crippen molar-refractivity contribution in [1.29, 1.82) is 0 Å². The SMILES string of the molecule is CCS(=O)(=O)c1ccc2c(c1)N(C(=O)[C@H]1CC[C@H](OC)CC1)Cc1cccnc1N2. The van der Waals surface area contributed by atoms with Crippen LogP contribution in [0.3, 0.4) is 0 Å². The lowest BCUT2D eigenvalue weighted by Crippen LogP contribution is -2.38. The third kappa shape index (κ3) is 3.94. The lowest BCUT2D eigenvalue weighted by molar-refractivity contribution is -0.124. The number of nitrogens with zero attached hydrogens (tertiary/aromatic N) is 2. The molecule has 0 bridgehead atoms. The molecule has 1 amide bonds. The molecule has 8 heteroatoms. The summed E-state index contributed by atoms with van der Waals surface area (Å²) in [4.78, 5) is 20.0. The number of hydrogen-bond acceptors (Lipinski definition) is 6. The summed E-state index contributed by atoms with van der Waals surface area (Å²) < 4.78 is 30.4. The second-order valence-electron chi connectivity index (χ2n) is 7.85. The van der Waals surface area contributed by atoms with Crippen LogP contribution in [-0.4, -0.2) is 38.3 Å². The molecule has 0 unspecified atom stereocenters. The van der Waals surface area contributed by atoms with Crippen LogP contribution in [0.25, 0.3) is 0 Å². The van der Waals surface area contributed by atoms with Gasteiger partial charge in [-0.15, -0.1) is 0 Å². The van der Waals surface area contributed by atoms with Crippen molar-refractivity contribution in [1.82, 2.24) is 4.98 Å². The maximum atomic E-state index is 13.6. The standard InChI is InChI=1S/C22H27N3O4S/c1-3-30(27,28)18-10-11-19-20(13-18)25(14-16-5-4-12-23-21(16)24-19)22(26)15-6-8-17(29-2)9-7-15/h4-5,10-13,15,17H,3,6-9,14H2,1-2H3,(H,23,24)/t15-,17-. The first kappa shape index (κ1) is 20.8. The van der Waals surface area contributed by atoms with Gasteiger partial charge in [-0.3, -0.25) is 4.79 Å². The molecule has 30 heavy (non-hydrogen) atoms.